The molecular formula is C14H18O. The Bertz CT molecular complexity index is 352. The van der Waals surface area contributed by atoms with Gasteiger partial charge in [0.15, 0.2) is 0 Å². The van der Waals surface area contributed by atoms with Gasteiger partial charge in [0.2, 0.25) is 0 Å². The topological polar surface area (TPSA) is 9.23 Å². The minimum Gasteiger partial charge on any atom is -0.493 e. The van der Waals surface area contributed by atoms with E-state index in [1.165, 1.54) is 36.8 Å². The minimum absolute atomic E-state index is 0.740. The fourth-order valence-electron chi connectivity index (χ4n) is 2.10. The zero-order valence-corrected chi connectivity index (χ0v) is 9.33. The molecule has 2 rings (SSSR count). The summed E-state index contributed by atoms with van der Waals surface area (Å²) in [6.07, 6.45) is 7.42. The summed E-state index contributed by atoms with van der Waals surface area (Å²) < 4.78 is 5.65. The Kier molecular flexibility index (Phi) is 3.44. The molecule has 0 aromatic heterocycles. The number of benzene rings is 1. The maximum atomic E-state index is 5.65. The Labute approximate surface area is 91.8 Å². The Morgan fingerprint density at radius 1 is 1.20 bits per heavy atom. The molecule has 0 unspecified atom stereocenters. The van der Waals surface area contributed by atoms with Gasteiger partial charge in [-0.2, -0.15) is 0 Å². The molecule has 0 saturated carbocycles. The van der Waals surface area contributed by atoms with Crippen LogP contribution in [0.3, 0.4) is 0 Å². The Hall–Kier alpha value is -1.24. The average molecular weight is 202 g/mol. The molecule has 1 heteroatoms. The standard InChI is InChI=1S/C14H18O/c1-2-15-14-11-7-6-10-13(14)12-8-4-3-5-9-12/h6-8,10-11H,2-5,9H2,1H3. The molecule has 1 nitrogen and oxygen atoms in total. The van der Waals surface area contributed by atoms with Crippen LogP contribution in [-0.4, -0.2) is 6.61 Å². The van der Waals surface area contributed by atoms with Crippen molar-refractivity contribution in [3.63, 3.8) is 0 Å². The largest absolute Gasteiger partial charge is 0.493 e. The minimum atomic E-state index is 0.740. The number of hydrogen-bond acceptors (Lipinski definition) is 1. The smallest absolute Gasteiger partial charge is 0.126 e. The molecule has 1 aliphatic rings. The second kappa shape index (κ2) is 5.01. The summed E-state index contributed by atoms with van der Waals surface area (Å²) in [6.45, 7) is 2.77. The van der Waals surface area contributed by atoms with Gasteiger partial charge in [-0.05, 0) is 44.2 Å². The van der Waals surface area contributed by atoms with Gasteiger partial charge in [0, 0.05) is 5.56 Å². The Morgan fingerprint density at radius 3 is 2.80 bits per heavy atom. The molecule has 1 aromatic carbocycles. The molecule has 1 aliphatic carbocycles. The quantitative estimate of drug-likeness (QED) is 0.718. The van der Waals surface area contributed by atoms with Crippen LogP contribution in [0.15, 0.2) is 30.3 Å². The average Bonchev–Trinajstić information content (AvgIpc) is 2.31. The van der Waals surface area contributed by atoms with Gasteiger partial charge in [0.25, 0.3) is 0 Å². The molecule has 0 spiro atoms. The van der Waals surface area contributed by atoms with Crippen molar-refractivity contribution in [2.75, 3.05) is 6.61 Å². The van der Waals surface area contributed by atoms with Crippen LogP contribution in [0.25, 0.3) is 5.57 Å². The normalized spacial score (nSPS) is 15.9. The number of para-hydroxylation sites is 1. The highest BCUT2D eigenvalue weighted by atomic mass is 16.5. The van der Waals surface area contributed by atoms with E-state index < -0.39 is 0 Å². The lowest BCUT2D eigenvalue weighted by atomic mass is 9.93. The van der Waals surface area contributed by atoms with E-state index in [2.05, 4.69) is 24.3 Å². The molecular weight excluding hydrogens is 184 g/mol. The summed E-state index contributed by atoms with van der Waals surface area (Å²) in [5.74, 6) is 1.04. The predicted molar refractivity (Wildman–Crippen MR) is 64.1 cm³/mol. The fraction of sp³-hybridized carbons (Fsp3) is 0.429. The third-order valence-electron chi connectivity index (χ3n) is 2.82. The van der Waals surface area contributed by atoms with Crippen LogP contribution < -0.4 is 4.74 Å². The summed E-state index contributed by atoms with van der Waals surface area (Å²) in [6, 6.07) is 8.36. The zero-order valence-electron chi connectivity index (χ0n) is 9.33. The van der Waals surface area contributed by atoms with Crippen LogP contribution in [0.4, 0.5) is 0 Å². The number of allylic oxidation sites excluding steroid dienone is 2. The van der Waals surface area contributed by atoms with E-state index >= 15 is 0 Å². The first-order valence-electron chi connectivity index (χ1n) is 5.83. The van der Waals surface area contributed by atoms with Gasteiger partial charge in [-0.3, -0.25) is 0 Å². The molecule has 0 bridgehead atoms. The monoisotopic (exact) mass is 202 g/mol. The summed E-state index contributed by atoms with van der Waals surface area (Å²) in [5, 5.41) is 0. The molecule has 0 amide bonds. The molecule has 15 heavy (non-hydrogen) atoms. The van der Waals surface area contributed by atoms with Crippen molar-refractivity contribution in [2.45, 2.75) is 32.6 Å². The van der Waals surface area contributed by atoms with Crippen molar-refractivity contribution in [1.82, 2.24) is 0 Å². The molecule has 0 radical (unpaired) electrons. The van der Waals surface area contributed by atoms with E-state index in [1.54, 1.807) is 0 Å². The van der Waals surface area contributed by atoms with Crippen LogP contribution in [0.1, 0.15) is 38.2 Å². The molecule has 80 valence electrons. The van der Waals surface area contributed by atoms with Gasteiger partial charge in [0.1, 0.15) is 5.75 Å². The Morgan fingerprint density at radius 2 is 2.07 bits per heavy atom. The molecule has 0 fully saturated rings. The molecule has 0 aliphatic heterocycles. The van der Waals surface area contributed by atoms with Crippen LogP contribution in [0.5, 0.6) is 5.75 Å². The SMILES string of the molecule is CCOc1ccccc1C1=CCCCC1. The first kappa shape index (κ1) is 10.3. The van der Waals surface area contributed by atoms with Gasteiger partial charge in [-0.25, -0.2) is 0 Å². The van der Waals surface area contributed by atoms with Crippen LogP contribution >= 0.6 is 0 Å². The maximum Gasteiger partial charge on any atom is 0.126 e. The third kappa shape index (κ3) is 2.41. The summed E-state index contributed by atoms with van der Waals surface area (Å²) in [7, 11) is 0. The van der Waals surface area contributed by atoms with E-state index in [1.807, 2.05) is 13.0 Å². The van der Waals surface area contributed by atoms with Crippen LogP contribution in [0.2, 0.25) is 0 Å². The van der Waals surface area contributed by atoms with Crippen molar-refractivity contribution in [2.24, 2.45) is 0 Å². The van der Waals surface area contributed by atoms with Crippen molar-refractivity contribution in [3.8, 4) is 5.75 Å². The number of ether oxygens (including phenoxy) is 1. The highest BCUT2D eigenvalue weighted by molar-refractivity contribution is 5.70. The lowest BCUT2D eigenvalue weighted by Crippen LogP contribution is -1.98. The molecule has 0 saturated heterocycles. The van der Waals surface area contributed by atoms with E-state index in [-0.39, 0.29) is 0 Å². The van der Waals surface area contributed by atoms with Gasteiger partial charge < -0.3 is 4.74 Å². The molecule has 0 atom stereocenters. The van der Waals surface area contributed by atoms with E-state index in [9.17, 15) is 0 Å². The van der Waals surface area contributed by atoms with Crippen molar-refractivity contribution >= 4 is 5.57 Å². The van der Waals surface area contributed by atoms with Gasteiger partial charge >= 0.3 is 0 Å². The van der Waals surface area contributed by atoms with Gasteiger partial charge in [-0.1, -0.05) is 24.3 Å². The lowest BCUT2D eigenvalue weighted by Gasteiger charge is -2.16. The van der Waals surface area contributed by atoms with E-state index in [0.29, 0.717) is 0 Å². The van der Waals surface area contributed by atoms with Crippen molar-refractivity contribution in [3.05, 3.63) is 35.9 Å². The predicted octanol–water partition coefficient (Wildman–Crippen LogP) is 4.04. The maximum absolute atomic E-state index is 5.65. The zero-order chi connectivity index (χ0) is 10.5. The highest BCUT2D eigenvalue weighted by Crippen LogP contribution is 2.32. The second-order valence-corrected chi connectivity index (χ2v) is 3.90. The first-order chi connectivity index (χ1) is 7.42. The second-order valence-electron chi connectivity index (χ2n) is 3.90. The van der Waals surface area contributed by atoms with E-state index in [4.69, 9.17) is 4.74 Å². The lowest BCUT2D eigenvalue weighted by molar-refractivity contribution is 0.339. The molecule has 1 aromatic rings. The van der Waals surface area contributed by atoms with Gasteiger partial charge in [0.05, 0.1) is 6.61 Å². The highest BCUT2D eigenvalue weighted by Gasteiger charge is 2.10. The summed E-state index contributed by atoms with van der Waals surface area (Å²) >= 11 is 0. The van der Waals surface area contributed by atoms with Gasteiger partial charge in [-0.15, -0.1) is 0 Å². The summed E-state index contributed by atoms with van der Waals surface area (Å²) in [5.41, 5.74) is 2.75. The van der Waals surface area contributed by atoms with Crippen molar-refractivity contribution in [1.29, 1.82) is 0 Å². The number of rotatable bonds is 3. The third-order valence-corrected chi connectivity index (χ3v) is 2.82. The number of hydrogen-bond donors (Lipinski definition) is 0. The van der Waals surface area contributed by atoms with Crippen LogP contribution in [0, 0.1) is 0 Å². The molecule has 0 heterocycles. The van der Waals surface area contributed by atoms with Crippen LogP contribution in [-0.2, 0) is 0 Å². The first-order valence-corrected chi connectivity index (χ1v) is 5.83. The van der Waals surface area contributed by atoms with E-state index in [0.717, 1.165) is 12.4 Å². The summed E-state index contributed by atoms with van der Waals surface area (Å²) in [4.78, 5) is 0. The fourth-order valence-corrected chi connectivity index (χ4v) is 2.10. The van der Waals surface area contributed by atoms with Crippen molar-refractivity contribution < 1.29 is 4.74 Å². The Balaban J connectivity index is 2.29. The molecule has 0 N–H and O–H groups in total.